The minimum atomic E-state index is 0.443. The Morgan fingerprint density at radius 2 is 1.67 bits per heavy atom. The fourth-order valence-electron chi connectivity index (χ4n) is 2.20. The minimum absolute atomic E-state index is 0.443. The molecule has 2 N–H and O–H groups in total. The topological polar surface area (TPSA) is 52.3 Å². The Hall–Kier alpha value is -2.52. The van der Waals surface area contributed by atoms with Gasteiger partial charge >= 0.3 is 0 Å². The average molecular weight is 298 g/mol. The van der Waals surface area contributed by atoms with Crippen molar-refractivity contribution in [2.24, 2.45) is 0 Å². The zero-order chi connectivity index (χ0) is 14.8. The quantitative estimate of drug-likeness (QED) is 0.564. The van der Waals surface area contributed by atoms with E-state index in [0.29, 0.717) is 27.8 Å². The highest BCUT2D eigenvalue weighted by atomic mass is 35.5. The van der Waals surface area contributed by atoms with Crippen LogP contribution in [0.2, 0.25) is 5.02 Å². The highest BCUT2D eigenvalue weighted by molar-refractivity contribution is 6.32. The molecule has 4 heteroatoms. The van der Waals surface area contributed by atoms with Crippen LogP contribution in [-0.2, 0) is 0 Å². The summed E-state index contributed by atoms with van der Waals surface area (Å²) in [6.45, 7) is 0. The van der Waals surface area contributed by atoms with Gasteiger partial charge in [-0.1, -0.05) is 35.9 Å². The molecular formula is C17H12ClNO2. The molecule has 0 bridgehead atoms. The lowest BCUT2D eigenvalue weighted by Crippen LogP contribution is -1.91. The summed E-state index contributed by atoms with van der Waals surface area (Å²) in [6, 6.07) is 16.2. The van der Waals surface area contributed by atoms with Gasteiger partial charge in [-0.2, -0.15) is 0 Å². The Kier molecular flexibility index (Phi) is 3.50. The van der Waals surface area contributed by atoms with Gasteiger partial charge in [0.15, 0.2) is 6.29 Å². The number of anilines is 1. The van der Waals surface area contributed by atoms with Crippen molar-refractivity contribution in [2.75, 3.05) is 5.73 Å². The molecule has 3 nitrogen and oxygen atoms in total. The van der Waals surface area contributed by atoms with E-state index in [1.165, 1.54) is 0 Å². The molecule has 3 rings (SSSR count). The van der Waals surface area contributed by atoms with Gasteiger partial charge in [0.25, 0.3) is 0 Å². The zero-order valence-corrected chi connectivity index (χ0v) is 11.8. The van der Waals surface area contributed by atoms with Crippen molar-refractivity contribution in [1.82, 2.24) is 0 Å². The van der Waals surface area contributed by atoms with Crippen LogP contribution in [0.5, 0.6) is 11.5 Å². The summed E-state index contributed by atoms with van der Waals surface area (Å²) in [4.78, 5) is 11.1. The Labute approximate surface area is 126 Å². The van der Waals surface area contributed by atoms with Gasteiger partial charge in [-0.3, -0.25) is 4.79 Å². The molecule has 21 heavy (non-hydrogen) atoms. The number of aldehydes is 1. The number of nitrogen functional groups attached to an aromatic ring is 1. The van der Waals surface area contributed by atoms with Gasteiger partial charge in [0.2, 0.25) is 0 Å². The zero-order valence-electron chi connectivity index (χ0n) is 11.0. The van der Waals surface area contributed by atoms with E-state index in [2.05, 4.69) is 0 Å². The molecule has 0 saturated carbocycles. The summed E-state index contributed by atoms with van der Waals surface area (Å²) < 4.78 is 5.87. The normalized spacial score (nSPS) is 10.5. The number of benzene rings is 3. The largest absolute Gasteiger partial charge is 0.455 e. The van der Waals surface area contributed by atoms with Gasteiger partial charge in [-0.25, -0.2) is 0 Å². The van der Waals surface area contributed by atoms with Crippen molar-refractivity contribution in [1.29, 1.82) is 0 Å². The monoisotopic (exact) mass is 297 g/mol. The predicted octanol–water partition coefficient (Wildman–Crippen LogP) is 4.68. The molecule has 3 aromatic rings. The molecule has 0 atom stereocenters. The van der Waals surface area contributed by atoms with Crippen LogP contribution in [0.4, 0.5) is 5.69 Å². The minimum Gasteiger partial charge on any atom is -0.455 e. The third-order valence-electron chi connectivity index (χ3n) is 3.22. The number of hydrogen-bond donors (Lipinski definition) is 1. The van der Waals surface area contributed by atoms with E-state index in [1.807, 2.05) is 24.3 Å². The Balaban J connectivity index is 2.11. The molecule has 0 saturated heterocycles. The second-order valence-corrected chi connectivity index (χ2v) is 5.02. The SMILES string of the molecule is Nc1ccc(Oc2ccc(C=O)c3ccccc23)c(Cl)c1. The van der Waals surface area contributed by atoms with Gasteiger partial charge in [-0.05, 0) is 35.7 Å². The Morgan fingerprint density at radius 3 is 2.38 bits per heavy atom. The van der Waals surface area contributed by atoms with Gasteiger partial charge in [0.05, 0.1) is 5.02 Å². The van der Waals surface area contributed by atoms with Crippen LogP contribution >= 0.6 is 11.6 Å². The number of nitrogens with two attached hydrogens (primary N) is 1. The molecule has 0 radical (unpaired) electrons. The maximum Gasteiger partial charge on any atom is 0.150 e. The number of carbonyl (C=O) groups excluding carboxylic acids is 1. The molecule has 0 aliphatic heterocycles. The fourth-order valence-corrected chi connectivity index (χ4v) is 2.43. The molecule has 0 amide bonds. The van der Waals surface area contributed by atoms with Gasteiger partial charge < -0.3 is 10.5 Å². The third kappa shape index (κ3) is 2.56. The van der Waals surface area contributed by atoms with Crippen molar-refractivity contribution in [2.45, 2.75) is 0 Å². The first-order valence-electron chi connectivity index (χ1n) is 6.39. The molecule has 0 aromatic heterocycles. The number of ether oxygens (including phenoxy) is 1. The van der Waals surface area contributed by atoms with Crippen molar-refractivity contribution < 1.29 is 9.53 Å². The first-order valence-corrected chi connectivity index (χ1v) is 6.76. The van der Waals surface area contributed by atoms with Crippen LogP contribution in [0.3, 0.4) is 0 Å². The van der Waals surface area contributed by atoms with E-state index in [1.54, 1.807) is 30.3 Å². The van der Waals surface area contributed by atoms with Crippen LogP contribution in [-0.4, -0.2) is 6.29 Å². The predicted molar refractivity (Wildman–Crippen MR) is 85.3 cm³/mol. The lowest BCUT2D eigenvalue weighted by atomic mass is 10.0. The second kappa shape index (κ2) is 5.46. The van der Waals surface area contributed by atoms with Crippen LogP contribution in [0.1, 0.15) is 10.4 Å². The Morgan fingerprint density at radius 1 is 0.952 bits per heavy atom. The molecule has 0 spiro atoms. The number of hydrogen-bond acceptors (Lipinski definition) is 3. The fraction of sp³-hybridized carbons (Fsp3) is 0. The van der Waals surface area contributed by atoms with Gasteiger partial charge in [0.1, 0.15) is 11.5 Å². The van der Waals surface area contributed by atoms with Crippen molar-refractivity contribution >= 4 is 34.3 Å². The molecular weight excluding hydrogens is 286 g/mol. The number of carbonyl (C=O) groups is 1. The van der Waals surface area contributed by atoms with Crippen LogP contribution in [0.15, 0.2) is 54.6 Å². The maximum absolute atomic E-state index is 11.1. The van der Waals surface area contributed by atoms with E-state index in [0.717, 1.165) is 17.1 Å². The second-order valence-electron chi connectivity index (χ2n) is 4.61. The summed E-state index contributed by atoms with van der Waals surface area (Å²) in [5.74, 6) is 1.16. The third-order valence-corrected chi connectivity index (χ3v) is 3.52. The van der Waals surface area contributed by atoms with Crippen LogP contribution in [0.25, 0.3) is 10.8 Å². The Bertz CT molecular complexity index is 830. The van der Waals surface area contributed by atoms with Crippen molar-refractivity contribution in [3.63, 3.8) is 0 Å². The molecule has 3 aromatic carbocycles. The first-order chi connectivity index (χ1) is 10.2. The number of rotatable bonds is 3. The molecule has 104 valence electrons. The van der Waals surface area contributed by atoms with E-state index in [-0.39, 0.29) is 0 Å². The molecule has 0 fully saturated rings. The van der Waals surface area contributed by atoms with E-state index >= 15 is 0 Å². The van der Waals surface area contributed by atoms with Gasteiger partial charge in [0, 0.05) is 16.6 Å². The molecule has 0 aliphatic carbocycles. The lowest BCUT2D eigenvalue weighted by molar-refractivity contribution is 0.112. The summed E-state index contributed by atoms with van der Waals surface area (Å²) >= 11 is 6.13. The van der Waals surface area contributed by atoms with E-state index < -0.39 is 0 Å². The summed E-state index contributed by atoms with van der Waals surface area (Å²) in [5, 5.41) is 2.14. The van der Waals surface area contributed by atoms with Crippen LogP contribution in [0, 0.1) is 0 Å². The molecule has 0 heterocycles. The van der Waals surface area contributed by atoms with Crippen LogP contribution < -0.4 is 10.5 Å². The van der Waals surface area contributed by atoms with E-state index in [4.69, 9.17) is 22.1 Å². The molecule has 0 aliphatic rings. The number of halogens is 1. The lowest BCUT2D eigenvalue weighted by Gasteiger charge is -2.11. The molecule has 0 unspecified atom stereocenters. The highest BCUT2D eigenvalue weighted by Gasteiger charge is 2.09. The summed E-state index contributed by atoms with van der Waals surface area (Å²) in [7, 11) is 0. The van der Waals surface area contributed by atoms with Crippen molar-refractivity contribution in [3.8, 4) is 11.5 Å². The maximum atomic E-state index is 11.1. The average Bonchev–Trinajstić information content (AvgIpc) is 2.50. The number of fused-ring (bicyclic) bond motifs is 1. The summed E-state index contributed by atoms with van der Waals surface area (Å²) in [5.41, 5.74) is 6.87. The van der Waals surface area contributed by atoms with Crippen molar-refractivity contribution in [3.05, 3.63) is 65.2 Å². The highest BCUT2D eigenvalue weighted by Crippen LogP contribution is 2.35. The first kappa shape index (κ1) is 13.5. The van der Waals surface area contributed by atoms with E-state index in [9.17, 15) is 4.79 Å². The smallest absolute Gasteiger partial charge is 0.150 e. The van der Waals surface area contributed by atoms with Gasteiger partial charge in [-0.15, -0.1) is 0 Å². The standard InChI is InChI=1S/C17H12ClNO2/c18-15-9-12(19)6-8-17(15)21-16-7-5-11(10-20)13-3-1-2-4-14(13)16/h1-10H,19H2. The summed E-state index contributed by atoms with van der Waals surface area (Å²) in [6.07, 6.45) is 0.836.